The van der Waals surface area contributed by atoms with Crippen LogP contribution < -0.4 is 0 Å². The number of alkyl halides is 2. The van der Waals surface area contributed by atoms with E-state index in [1.807, 2.05) is 0 Å². The summed E-state index contributed by atoms with van der Waals surface area (Å²) in [6.07, 6.45) is -0.419. The van der Waals surface area contributed by atoms with E-state index in [4.69, 9.17) is 5.11 Å². The highest BCUT2D eigenvalue weighted by Gasteiger charge is 2.71. The molecule has 0 aliphatic heterocycles. The molecule has 2 rings (SSSR count). The van der Waals surface area contributed by atoms with Crippen LogP contribution in [0.3, 0.4) is 0 Å². The zero-order valence-electron chi connectivity index (χ0n) is 7.61. The molecule has 0 bridgehead atoms. The molecule has 1 fully saturated rings. The maximum atomic E-state index is 13.2. The van der Waals surface area contributed by atoms with Crippen LogP contribution in [0.15, 0.2) is 22.7 Å². The maximum Gasteiger partial charge on any atom is 0.261 e. The molecule has 1 aromatic carbocycles. The highest BCUT2D eigenvalue weighted by atomic mass is 79.9. The van der Waals surface area contributed by atoms with Gasteiger partial charge in [0.25, 0.3) is 5.92 Å². The van der Waals surface area contributed by atoms with Gasteiger partial charge >= 0.3 is 0 Å². The van der Waals surface area contributed by atoms with Crippen LogP contribution in [0.4, 0.5) is 13.2 Å². The Morgan fingerprint density at radius 2 is 2.00 bits per heavy atom. The first-order valence-electron chi connectivity index (χ1n) is 4.37. The molecule has 0 amide bonds. The molecule has 1 aliphatic carbocycles. The molecule has 0 radical (unpaired) electrons. The summed E-state index contributed by atoms with van der Waals surface area (Å²) in [4.78, 5) is 0. The van der Waals surface area contributed by atoms with Crippen LogP contribution in [-0.2, 0) is 5.41 Å². The Morgan fingerprint density at radius 3 is 2.40 bits per heavy atom. The molecule has 1 nitrogen and oxygen atoms in total. The second kappa shape index (κ2) is 3.22. The number of rotatable bonds is 2. The Kier molecular flexibility index (Phi) is 2.35. The van der Waals surface area contributed by atoms with Crippen molar-refractivity contribution in [3.05, 3.63) is 34.1 Å². The molecular formula is C10H8BrF3O. The minimum atomic E-state index is -2.93. The van der Waals surface area contributed by atoms with Crippen LogP contribution in [0.5, 0.6) is 0 Å². The van der Waals surface area contributed by atoms with Crippen LogP contribution in [0.25, 0.3) is 0 Å². The number of hydrogen-bond donors (Lipinski definition) is 1. The Hall–Kier alpha value is -0.550. The fourth-order valence-electron chi connectivity index (χ4n) is 1.70. The van der Waals surface area contributed by atoms with Gasteiger partial charge in [-0.15, -0.1) is 0 Å². The van der Waals surface area contributed by atoms with Crippen molar-refractivity contribution in [1.82, 2.24) is 0 Å². The van der Waals surface area contributed by atoms with Gasteiger partial charge in [-0.05, 0) is 33.6 Å². The lowest BCUT2D eigenvalue weighted by Gasteiger charge is -2.13. The zero-order valence-corrected chi connectivity index (χ0v) is 9.19. The molecule has 1 N–H and O–H groups in total. The van der Waals surface area contributed by atoms with Gasteiger partial charge in [0.05, 0.1) is 16.5 Å². The largest absolute Gasteiger partial charge is 0.395 e. The van der Waals surface area contributed by atoms with Crippen LogP contribution >= 0.6 is 15.9 Å². The fourth-order valence-corrected chi connectivity index (χ4v) is 1.95. The predicted molar refractivity (Wildman–Crippen MR) is 52.4 cm³/mol. The summed E-state index contributed by atoms with van der Waals surface area (Å²) in [5.41, 5.74) is -1.43. The number of aliphatic hydroxyl groups is 1. The molecule has 0 spiro atoms. The fraction of sp³-hybridized carbons (Fsp3) is 0.400. The van der Waals surface area contributed by atoms with E-state index in [1.165, 1.54) is 12.1 Å². The molecule has 82 valence electrons. The Bertz CT molecular complexity index is 408. The molecule has 1 saturated carbocycles. The minimum Gasteiger partial charge on any atom is -0.395 e. The lowest BCUT2D eigenvalue weighted by molar-refractivity contribution is 0.0673. The zero-order chi connectivity index (χ0) is 11.3. The normalized spacial score (nSPS) is 27.8. The van der Waals surface area contributed by atoms with E-state index in [9.17, 15) is 13.2 Å². The SMILES string of the molecule is OCC1(c2ccc(Br)c(F)c2)CC1(F)F. The topological polar surface area (TPSA) is 20.2 Å². The van der Waals surface area contributed by atoms with Crippen molar-refractivity contribution in [2.75, 3.05) is 6.61 Å². The molecule has 15 heavy (non-hydrogen) atoms. The van der Waals surface area contributed by atoms with Gasteiger partial charge in [0.2, 0.25) is 0 Å². The summed E-state index contributed by atoms with van der Waals surface area (Å²) >= 11 is 2.94. The van der Waals surface area contributed by atoms with Gasteiger partial charge in [-0.1, -0.05) is 6.07 Å². The number of aliphatic hydroxyl groups excluding tert-OH is 1. The van der Waals surface area contributed by atoms with Crippen molar-refractivity contribution in [3.8, 4) is 0 Å². The number of benzene rings is 1. The quantitative estimate of drug-likeness (QED) is 0.883. The molecule has 1 aliphatic rings. The van der Waals surface area contributed by atoms with Crippen molar-refractivity contribution in [2.24, 2.45) is 0 Å². The minimum absolute atomic E-state index is 0.149. The third-order valence-electron chi connectivity index (χ3n) is 2.84. The van der Waals surface area contributed by atoms with Crippen LogP contribution in [0.1, 0.15) is 12.0 Å². The highest BCUT2D eigenvalue weighted by molar-refractivity contribution is 9.10. The molecule has 1 aromatic rings. The molecule has 0 heterocycles. The Balaban J connectivity index is 2.42. The van der Waals surface area contributed by atoms with E-state index in [2.05, 4.69) is 15.9 Å². The molecule has 1 atom stereocenters. The van der Waals surface area contributed by atoms with E-state index in [1.54, 1.807) is 0 Å². The second-order valence-corrected chi connectivity index (χ2v) is 4.60. The Labute approximate surface area is 93.0 Å². The first-order chi connectivity index (χ1) is 6.93. The van der Waals surface area contributed by atoms with Crippen molar-refractivity contribution in [1.29, 1.82) is 0 Å². The molecule has 5 heteroatoms. The van der Waals surface area contributed by atoms with E-state index in [0.717, 1.165) is 6.07 Å². The molecular weight excluding hydrogens is 273 g/mol. The van der Waals surface area contributed by atoms with Crippen molar-refractivity contribution >= 4 is 15.9 Å². The van der Waals surface area contributed by atoms with Gasteiger partial charge in [0.1, 0.15) is 5.82 Å². The smallest absolute Gasteiger partial charge is 0.261 e. The van der Waals surface area contributed by atoms with Gasteiger partial charge in [0, 0.05) is 6.42 Å². The van der Waals surface area contributed by atoms with Crippen LogP contribution in [-0.4, -0.2) is 17.6 Å². The second-order valence-electron chi connectivity index (χ2n) is 3.75. The first-order valence-corrected chi connectivity index (χ1v) is 5.16. The van der Waals surface area contributed by atoms with Crippen molar-refractivity contribution < 1.29 is 18.3 Å². The summed E-state index contributed by atoms with van der Waals surface area (Å²) in [5, 5.41) is 8.99. The number of hydrogen-bond acceptors (Lipinski definition) is 1. The average molecular weight is 281 g/mol. The maximum absolute atomic E-state index is 13.2. The van der Waals surface area contributed by atoms with Crippen molar-refractivity contribution in [3.63, 3.8) is 0 Å². The standard InChI is InChI=1S/C10H8BrF3O/c11-7-2-1-6(3-8(7)12)9(5-15)4-10(9,13)14/h1-3,15H,4-5H2. The van der Waals surface area contributed by atoms with Crippen LogP contribution in [0.2, 0.25) is 0 Å². The Morgan fingerprint density at radius 1 is 1.40 bits per heavy atom. The lowest BCUT2D eigenvalue weighted by Crippen LogP contribution is -2.21. The van der Waals surface area contributed by atoms with Gasteiger partial charge < -0.3 is 5.11 Å². The predicted octanol–water partition coefficient (Wildman–Crippen LogP) is 2.86. The lowest BCUT2D eigenvalue weighted by atomic mass is 9.96. The van der Waals surface area contributed by atoms with E-state index >= 15 is 0 Å². The van der Waals surface area contributed by atoms with Gasteiger partial charge in [-0.3, -0.25) is 0 Å². The third kappa shape index (κ3) is 1.49. The summed E-state index contributed by atoms with van der Waals surface area (Å²) in [7, 11) is 0. The van der Waals surface area contributed by atoms with Gasteiger partial charge in [0.15, 0.2) is 0 Å². The molecule has 1 unspecified atom stereocenters. The third-order valence-corrected chi connectivity index (χ3v) is 3.48. The summed E-state index contributed by atoms with van der Waals surface area (Å²) in [6, 6.07) is 3.82. The summed E-state index contributed by atoms with van der Waals surface area (Å²) in [5.74, 6) is -3.52. The summed E-state index contributed by atoms with van der Waals surface area (Å²) in [6.45, 7) is -0.666. The van der Waals surface area contributed by atoms with Gasteiger partial charge in [-0.2, -0.15) is 0 Å². The van der Waals surface area contributed by atoms with Crippen LogP contribution in [0, 0.1) is 5.82 Å². The monoisotopic (exact) mass is 280 g/mol. The van der Waals surface area contributed by atoms with E-state index in [-0.39, 0.29) is 10.0 Å². The van der Waals surface area contributed by atoms with Gasteiger partial charge in [-0.25, -0.2) is 13.2 Å². The van der Waals surface area contributed by atoms with Crippen molar-refractivity contribution in [2.45, 2.75) is 17.8 Å². The number of halogens is 4. The highest BCUT2D eigenvalue weighted by Crippen LogP contribution is 2.61. The van der Waals surface area contributed by atoms with E-state index < -0.39 is 30.2 Å². The first kappa shape index (κ1) is 11.0. The average Bonchev–Trinajstić information content (AvgIpc) is 2.75. The van der Waals surface area contributed by atoms with E-state index in [0.29, 0.717) is 0 Å². The molecule has 0 saturated heterocycles. The molecule has 0 aromatic heterocycles. The summed E-state index contributed by atoms with van der Waals surface area (Å²) < 4.78 is 39.5.